The predicted octanol–water partition coefficient (Wildman–Crippen LogP) is 2.82. The number of pyridine rings is 1. The van der Waals surface area contributed by atoms with E-state index in [-0.39, 0.29) is 0 Å². The van der Waals surface area contributed by atoms with Gasteiger partial charge in [0, 0.05) is 11.6 Å². The van der Waals surface area contributed by atoms with Crippen molar-refractivity contribution in [1.29, 1.82) is 0 Å². The smallest absolute Gasteiger partial charge is 0.341 e. The number of hydrogen-bond acceptors (Lipinski definition) is 5. The lowest BCUT2D eigenvalue weighted by molar-refractivity contribution is 0.0527. The highest BCUT2D eigenvalue weighted by atomic mass is 16.5. The normalized spacial score (nSPS) is 10.8. The molecule has 0 fully saturated rings. The highest BCUT2D eigenvalue weighted by Crippen LogP contribution is 2.30. The van der Waals surface area contributed by atoms with Crippen molar-refractivity contribution >= 4 is 22.6 Å². The number of nitrogens with two attached hydrogens (primary N) is 1. The van der Waals surface area contributed by atoms with Crippen LogP contribution in [0.4, 0.5) is 5.69 Å². The summed E-state index contributed by atoms with van der Waals surface area (Å²) < 4.78 is 5.02. The molecule has 0 aliphatic heterocycles. The Morgan fingerprint density at radius 1 is 1.45 bits per heavy atom. The molecule has 2 rings (SSSR count). The van der Waals surface area contributed by atoms with Crippen LogP contribution in [-0.4, -0.2) is 17.6 Å². The third kappa shape index (κ3) is 2.44. The Balaban J connectivity index is 2.68. The molecule has 0 aliphatic rings. The number of carbonyl (C=O) groups is 1. The van der Waals surface area contributed by atoms with Gasteiger partial charge in [0.2, 0.25) is 0 Å². The largest absolute Gasteiger partial charge is 0.462 e. The standard InChI is InChI=1S/C15H19N3O2/c1-4-20-15(19)12-8-17-13-10(9(2)3)6-5-7-11(13)14(12)18-16/h5-9H,4,16H2,1-3H3,(H,17,18). The summed E-state index contributed by atoms with van der Waals surface area (Å²) in [6, 6.07) is 5.87. The molecular formula is C15H19N3O2. The Kier molecular flexibility index (Phi) is 4.20. The zero-order valence-electron chi connectivity index (χ0n) is 11.9. The molecule has 1 aromatic carbocycles. The highest BCUT2D eigenvalue weighted by molar-refractivity contribution is 6.05. The van der Waals surface area contributed by atoms with E-state index in [4.69, 9.17) is 10.6 Å². The molecule has 3 N–H and O–H groups in total. The summed E-state index contributed by atoms with van der Waals surface area (Å²) in [5.41, 5.74) is 5.48. The van der Waals surface area contributed by atoms with Gasteiger partial charge in [-0.25, -0.2) is 4.79 Å². The number of nitrogen functional groups attached to an aromatic ring is 1. The number of anilines is 1. The van der Waals surface area contributed by atoms with Crippen molar-refractivity contribution in [2.75, 3.05) is 12.0 Å². The van der Waals surface area contributed by atoms with Crippen LogP contribution in [0.25, 0.3) is 10.9 Å². The quantitative estimate of drug-likeness (QED) is 0.509. The molecule has 0 radical (unpaired) electrons. The molecule has 5 heteroatoms. The van der Waals surface area contributed by atoms with Gasteiger partial charge in [-0.05, 0) is 18.4 Å². The minimum atomic E-state index is -0.426. The summed E-state index contributed by atoms with van der Waals surface area (Å²) in [5, 5.41) is 0.823. The third-order valence-electron chi connectivity index (χ3n) is 3.19. The number of nitrogens with one attached hydrogen (secondary N) is 1. The minimum absolute atomic E-state index is 0.312. The second-order valence-corrected chi connectivity index (χ2v) is 4.81. The number of fused-ring (bicyclic) bond motifs is 1. The Morgan fingerprint density at radius 2 is 2.20 bits per heavy atom. The fourth-order valence-corrected chi connectivity index (χ4v) is 2.23. The number of hydrogen-bond donors (Lipinski definition) is 2. The van der Waals surface area contributed by atoms with Crippen LogP contribution in [0.15, 0.2) is 24.4 Å². The summed E-state index contributed by atoms with van der Waals surface area (Å²) >= 11 is 0. The first-order valence-electron chi connectivity index (χ1n) is 6.65. The van der Waals surface area contributed by atoms with Crippen molar-refractivity contribution in [1.82, 2.24) is 4.98 Å². The van der Waals surface area contributed by atoms with E-state index in [1.807, 2.05) is 18.2 Å². The second kappa shape index (κ2) is 5.88. The summed E-state index contributed by atoms with van der Waals surface area (Å²) in [4.78, 5) is 16.3. The maximum atomic E-state index is 11.9. The molecule has 0 aliphatic carbocycles. The third-order valence-corrected chi connectivity index (χ3v) is 3.19. The molecule has 0 atom stereocenters. The number of carbonyl (C=O) groups excluding carboxylic acids is 1. The number of rotatable bonds is 4. The van der Waals surface area contributed by atoms with E-state index >= 15 is 0 Å². The Morgan fingerprint density at radius 3 is 2.80 bits per heavy atom. The molecule has 20 heavy (non-hydrogen) atoms. The van der Waals surface area contributed by atoms with E-state index in [0.29, 0.717) is 23.8 Å². The van der Waals surface area contributed by atoms with Crippen LogP contribution in [0, 0.1) is 0 Å². The lowest BCUT2D eigenvalue weighted by Gasteiger charge is -2.14. The average molecular weight is 273 g/mol. The molecular weight excluding hydrogens is 254 g/mol. The number of para-hydroxylation sites is 1. The van der Waals surface area contributed by atoms with E-state index in [9.17, 15) is 4.79 Å². The van der Waals surface area contributed by atoms with Gasteiger partial charge in [0.1, 0.15) is 5.56 Å². The maximum absolute atomic E-state index is 11.9. The van der Waals surface area contributed by atoms with Crippen LogP contribution in [0.5, 0.6) is 0 Å². The molecule has 0 unspecified atom stereocenters. The summed E-state index contributed by atoms with van der Waals surface area (Å²) in [7, 11) is 0. The lowest BCUT2D eigenvalue weighted by atomic mass is 9.98. The Hall–Kier alpha value is -2.14. The van der Waals surface area contributed by atoms with Crippen molar-refractivity contribution in [3.63, 3.8) is 0 Å². The SMILES string of the molecule is CCOC(=O)c1cnc2c(C(C)C)cccc2c1NN. The lowest BCUT2D eigenvalue weighted by Crippen LogP contribution is -2.15. The van der Waals surface area contributed by atoms with Gasteiger partial charge in [0.05, 0.1) is 17.8 Å². The molecule has 0 spiro atoms. The van der Waals surface area contributed by atoms with Crippen molar-refractivity contribution in [2.45, 2.75) is 26.7 Å². The van der Waals surface area contributed by atoms with Gasteiger partial charge >= 0.3 is 5.97 Å². The molecule has 0 bridgehead atoms. The van der Waals surface area contributed by atoms with E-state index in [1.165, 1.54) is 6.20 Å². The molecule has 2 aromatic rings. The number of nitrogens with zero attached hydrogens (tertiary/aromatic N) is 1. The Labute approximate surface area is 118 Å². The van der Waals surface area contributed by atoms with E-state index in [1.54, 1.807) is 6.92 Å². The van der Waals surface area contributed by atoms with Crippen LogP contribution in [0.2, 0.25) is 0 Å². The monoisotopic (exact) mass is 273 g/mol. The van der Waals surface area contributed by atoms with Crippen LogP contribution >= 0.6 is 0 Å². The summed E-state index contributed by atoms with van der Waals surface area (Å²) in [6.45, 7) is 6.28. The molecule has 0 saturated heterocycles. The molecule has 0 saturated carbocycles. The van der Waals surface area contributed by atoms with Crippen LogP contribution in [0.3, 0.4) is 0 Å². The fraction of sp³-hybridized carbons (Fsp3) is 0.333. The van der Waals surface area contributed by atoms with Gasteiger partial charge in [0.15, 0.2) is 0 Å². The predicted molar refractivity (Wildman–Crippen MR) is 79.6 cm³/mol. The van der Waals surface area contributed by atoms with Gasteiger partial charge in [0.25, 0.3) is 0 Å². The van der Waals surface area contributed by atoms with Crippen molar-refractivity contribution in [3.05, 3.63) is 35.5 Å². The number of aromatic nitrogens is 1. The fourth-order valence-electron chi connectivity index (χ4n) is 2.23. The number of benzene rings is 1. The first kappa shape index (κ1) is 14.3. The van der Waals surface area contributed by atoms with Gasteiger partial charge in [-0.3, -0.25) is 10.8 Å². The molecule has 106 valence electrons. The van der Waals surface area contributed by atoms with Gasteiger partial charge in [-0.2, -0.15) is 0 Å². The first-order chi connectivity index (χ1) is 9.60. The first-order valence-corrected chi connectivity index (χ1v) is 6.65. The molecule has 5 nitrogen and oxygen atoms in total. The van der Waals surface area contributed by atoms with Gasteiger partial charge < -0.3 is 10.2 Å². The van der Waals surface area contributed by atoms with Crippen LogP contribution < -0.4 is 11.3 Å². The van der Waals surface area contributed by atoms with E-state index in [0.717, 1.165) is 16.5 Å². The zero-order chi connectivity index (χ0) is 14.7. The van der Waals surface area contributed by atoms with Crippen LogP contribution in [0.1, 0.15) is 42.6 Å². The topological polar surface area (TPSA) is 77.2 Å². The van der Waals surface area contributed by atoms with Crippen molar-refractivity contribution in [2.24, 2.45) is 5.84 Å². The average Bonchev–Trinajstić information content (AvgIpc) is 2.45. The van der Waals surface area contributed by atoms with Crippen molar-refractivity contribution < 1.29 is 9.53 Å². The number of esters is 1. The Bertz CT molecular complexity index is 638. The highest BCUT2D eigenvalue weighted by Gasteiger charge is 2.17. The number of hydrazine groups is 1. The van der Waals surface area contributed by atoms with Crippen LogP contribution in [-0.2, 0) is 4.74 Å². The molecule has 1 heterocycles. The van der Waals surface area contributed by atoms with Crippen molar-refractivity contribution in [3.8, 4) is 0 Å². The van der Waals surface area contributed by atoms with Gasteiger partial charge in [-0.1, -0.05) is 32.0 Å². The maximum Gasteiger partial charge on any atom is 0.341 e. The second-order valence-electron chi connectivity index (χ2n) is 4.81. The zero-order valence-corrected chi connectivity index (χ0v) is 11.9. The van der Waals surface area contributed by atoms with E-state index < -0.39 is 5.97 Å². The molecule has 1 aromatic heterocycles. The molecule has 0 amide bonds. The minimum Gasteiger partial charge on any atom is -0.462 e. The van der Waals surface area contributed by atoms with E-state index in [2.05, 4.69) is 24.3 Å². The number of ether oxygens (including phenoxy) is 1. The summed E-state index contributed by atoms with van der Waals surface area (Å²) in [5.74, 6) is 5.50. The summed E-state index contributed by atoms with van der Waals surface area (Å²) in [6.07, 6.45) is 1.52. The van der Waals surface area contributed by atoms with Gasteiger partial charge in [-0.15, -0.1) is 0 Å².